The third kappa shape index (κ3) is 7.29. The van der Waals surface area contributed by atoms with Gasteiger partial charge in [0.1, 0.15) is 6.04 Å². The van der Waals surface area contributed by atoms with E-state index in [1.807, 2.05) is 17.0 Å². The molecular formula is C33H46N4O2. The van der Waals surface area contributed by atoms with Gasteiger partial charge in [0, 0.05) is 57.6 Å². The van der Waals surface area contributed by atoms with Crippen LogP contribution in [-0.2, 0) is 22.6 Å². The fourth-order valence-corrected chi connectivity index (χ4v) is 6.82. The van der Waals surface area contributed by atoms with Crippen molar-refractivity contribution in [2.45, 2.75) is 89.9 Å². The van der Waals surface area contributed by atoms with Gasteiger partial charge in [-0.25, -0.2) is 0 Å². The van der Waals surface area contributed by atoms with Crippen LogP contribution in [0.3, 0.4) is 0 Å². The van der Waals surface area contributed by atoms with E-state index in [0.29, 0.717) is 18.9 Å². The van der Waals surface area contributed by atoms with E-state index in [9.17, 15) is 9.59 Å². The predicted molar refractivity (Wildman–Crippen MR) is 156 cm³/mol. The Kier molecular flexibility index (Phi) is 9.36. The Hall–Kier alpha value is -2.70. The molecule has 1 saturated carbocycles. The first-order valence-electron chi connectivity index (χ1n) is 15.1. The third-order valence-corrected chi connectivity index (χ3v) is 9.20. The van der Waals surface area contributed by atoms with Gasteiger partial charge in [0.05, 0.1) is 0 Å². The molecule has 3 atom stereocenters. The van der Waals surface area contributed by atoms with Gasteiger partial charge >= 0.3 is 0 Å². The van der Waals surface area contributed by atoms with Gasteiger partial charge in [0.25, 0.3) is 0 Å². The van der Waals surface area contributed by atoms with Gasteiger partial charge < -0.3 is 15.5 Å². The molecule has 3 unspecified atom stereocenters. The molecule has 39 heavy (non-hydrogen) atoms. The minimum Gasteiger partial charge on any atom is -0.344 e. The Balaban J connectivity index is 1.19. The largest absolute Gasteiger partial charge is 0.344 e. The third-order valence-electron chi connectivity index (χ3n) is 9.20. The van der Waals surface area contributed by atoms with Crippen molar-refractivity contribution in [3.05, 3.63) is 70.8 Å². The summed E-state index contributed by atoms with van der Waals surface area (Å²) in [6, 6.07) is 16.6. The van der Waals surface area contributed by atoms with Gasteiger partial charge in [0.15, 0.2) is 0 Å². The molecule has 0 spiro atoms. The van der Waals surface area contributed by atoms with Gasteiger partial charge in [-0.05, 0) is 42.9 Å². The van der Waals surface area contributed by atoms with E-state index in [1.54, 1.807) is 0 Å². The normalized spacial score (nSPS) is 21.8. The monoisotopic (exact) mass is 530 g/mol. The first kappa shape index (κ1) is 27.9. The molecule has 2 N–H and O–H groups in total. The van der Waals surface area contributed by atoms with Crippen LogP contribution in [0.5, 0.6) is 0 Å². The van der Waals surface area contributed by atoms with E-state index in [0.717, 1.165) is 44.2 Å². The number of rotatable bonds is 9. The zero-order valence-electron chi connectivity index (χ0n) is 23.8. The molecule has 2 fully saturated rings. The lowest BCUT2D eigenvalue weighted by Crippen LogP contribution is -2.57. The molecule has 3 aliphatic rings. The molecule has 6 nitrogen and oxygen atoms in total. The molecule has 2 aromatic rings. The zero-order valence-corrected chi connectivity index (χ0v) is 23.8. The van der Waals surface area contributed by atoms with Crippen LogP contribution in [0.1, 0.15) is 80.2 Å². The van der Waals surface area contributed by atoms with Crippen molar-refractivity contribution in [2.24, 2.45) is 5.92 Å². The van der Waals surface area contributed by atoms with Crippen molar-refractivity contribution < 1.29 is 9.59 Å². The van der Waals surface area contributed by atoms with Crippen molar-refractivity contribution in [1.29, 1.82) is 0 Å². The number of carbonyl (C=O) groups is 2. The molecule has 210 valence electrons. The van der Waals surface area contributed by atoms with Crippen molar-refractivity contribution >= 4 is 11.8 Å². The lowest BCUT2D eigenvalue weighted by Gasteiger charge is -2.40. The van der Waals surface area contributed by atoms with Crippen molar-refractivity contribution in [2.75, 3.05) is 26.2 Å². The molecule has 1 saturated heterocycles. The molecule has 2 aliphatic heterocycles. The average Bonchev–Trinajstić information content (AvgIpc) is 3.36. The SMILES string of the molecule is Cc1ccc(CC(NC(=O)CC2NCc3ccccc32)C(=O)N2CCN(C(C)CC3CCCCC3)CC2)cc1. The van der Waals surface area contributed by atoms with Crippen LogP contribution in [0, 0.1) is 12.8 Å². The second-order valence-corrected chi connectivity index (χ2v) is 12.1. The number of hydrogen-bond acceptors (Lipinski definition) is 4. The minimum absolute atomic E-state index is 0.00877. The van der Waals surface area contributed by atoms with Crippen molar-refractivity contribution in [3.63, 3.8) is 0 Å². The first-order chi connectivity index (χ1) is 19.0. The van der Waals surface area contributed by atoms with Crippen molar-refractivity contribution in [3.8, 4) is 0 Å². The van der Waals surface area contributed by atoms with Crippen LogP contribution in [0.15, 0.2) is 48.5 Å². The fourth-order valence-electron chi connectivity index (χ4n) is 6.82. The molecule has 1 aliphatic carbocycles. The number of aryl methyl sites for hydroxylation is 1. The number of nitrogens with one attached hydrogen (secondary N) is 2. The maximum absolute atomic E-state index is 13.8. The molecule has 2 heterocycles. The van der Waals surface area contributed by atoms with Gasteiger partial charge in [-0.1, -0.05) is 86.2 Å². The molecule has 0 aromatic heterocycles. The van der Waals surface area contributed by atoms with Crippen molar-refractivity contribution in [1.82, 2.24) is 20.4 Å². The average molecular weight is 531 g/mol. The summed E-state index contributed by atoms with van der Waals surface area (Å²) in [5.74, 6) is 0.835. The predicted octanol–water partition coefficient (Wildman–Crippen LogP) is 4.76. The van der Waals surface area contributed by atoms with Crippen LogP contribution < -0.4 is 10.6 Å². The van der Waals surface area contributed by atoms with Crippen LogP contribution >= 0.6 is 0 Å². The highest BCUT2D eigenvalue weighted by atomic mass is 16.2. The summed E-state index contributed by atoms with van der Waals surface area (Å²) in [6.07, 6.45) is 9.05. The van der Waals surface area contributed by atoms with Crippen LogP contribution in [0.25, 0.3) is 0 Å². The number of amides is 2. The van der Waals surface area contributed by atoms with E-state index in [4.69, 9.17) is 0 Å². The molecule has 0 bridgehead atoms. The quantitative estimate of drug-likeness (QED) is 0.491. The zero-order chi connectivity index (χ0) is 27.2. The van der Waals surface area contributed by atoms with Gasteiger partial charge in [-0.15, -0.1) is 0 Å². The lowest BCUT2D eigenvalue weighted by molar-refractivity contribution is -0.138. The summed E-state index contributed by atoms with van der Waals surface area (Å²) in [5.41, 5.74) is 4.70. The van der Waals surface area contributed by atoms with E-state index in [1.165, 1.54) is 55.2 Å². The maximum Gasteiger partial charge on any atom is 0.245 e. The number of fused-ring (bicyclic) bond motifs is 1. The smallest absolute Gasteiger partial charge is 0.245 e. The summed E-state index contributed by atoms with van der Waals surface area (Å²) in [5, 5.41) is 6.60. The number of nitrogens with zero attached hydrogens (tertiary/aromatic N) is 2. The van der Waals surface area contributed by atoms with Gasteiger partial charge in [-0.2, -0.15) is 0 Å². The van der Waals surface area contributed by atoms with Crippen LogP contribution in [0.2, 0.25) is 0 Å². The van der Waals surface area contributed by atoms with E-state index < -0.39 is 6.04 Å². The lowest BCUT2D eigenvalue weighted by atomic mass is 9.85. The molecule has 0 radical (unpaired) electrons. The van der Waals surface area contributed by atoms with Gasteiger partial charge in [0.2, 0.25) is 11.8 Å². The molecule has 5 rings (SSSR count). The highest BCUT2D eigenvalue weighted by Gasteiger charge is 2.32. The van der Waals surface area contributed by atoms with E-state index in [-0.39, 0.29) is 17.9 Å². The molecule has 2 amide bonds. The molecule has 6 heteroatoms. The fraction of sp³-hybridized carbons (Fsp3) is 0.576. The molecular weight excluding hydrogens is 484 g/mol. The Morgan fingerprint density at radius 2 is 1.69 bits per heavy atom. The number of benzene rings is 2. The highest BCUT2D eigenvalue weighted by Crippen LogP contribution is 2.29. The van der Waals surface area contributed by atoms with Gasteiger partial charge in [-0.3, -0.25) is 14.5 Å². The Labute approximate surface area is 234 Å². The summed E-state index contributed by atoms with van der Waals surface area (Å²) in [7, 11) is 0. The minimum atomic E-state index is -0.553. The standard InChI is InChI=1S/C33H46N4O2/c1-24-12-14-27(15-13-24)21-31(35-32(38)22-30-29-11-7-6-10-28(29)23-34-30)33(39)37-18-16-36(17-19-37)25(2)20-26-8-4-3-5-9-26/h6-7,10-15,25-26,30-31,34H,3-5,8-9,16-23H2,1-2H3,(H,35,38). The summed E-state index contributed by atoms with van der Waals surface area (Å²) in [6.45, 7) is 8.49. The summed E-state index contributed by atoms with van der Waals surface area (Å²) < 4.78 is 0. The summed E-state index contributed by atoms with van der Waals surface area (Å²) in [4.78, 5) is 31.6. The number of piperazine rings is 1. The highest BCUT2D eigenvalue weighted by molar-refractivity contribution is 5.88. The van der Waals surface area contributed by atoms with Crippen LogP contribution in [0.4, 0.5) is 0 Å². The summed E-state index contributed by atoms with van der Waals surface area (Å²) >= 11 is 0. The Morgan fingerprint density at radius 1 is 0.974 bits per heavy atom. The number of hydrogen-bond donors (Lipinski definition) is 2. The van der Waals surface area contributed by atoms with Crippen LogP contribution in [-0.4, -0.2) is 59.9 Å². The Morgan fingerprint density at radius 3 is 2.44 bits per heavy atom. The second kappa shape index (κ2) is 13.1. The topological polar surface area (TPSA) is 64.7 Å². The molecule has 2 aromatic carbocycles. The first-order valence-corrected chi connectivity index (χ1v) is 15.1. The Bertz CT molecular complexity index is 1100. The maximum atomic E-state index is 13.8. The second-order valence-electron chi connectivity index (χ2n) is 12.1. The van der Waals surface area contributed by atoms with E-state index >= 15 is 0 Å². The number of carbonyl (C=O) groups excluding carboxylic acids is 2. The van der Waals surface area contributed by atoms with E-state index in [2.05, 4.69) is 65.8 Å².